The molecule has 0 spiro atoms. The smallest absolute Gasteiger partial charge is 0.230 e. The highest BCUT2D eigenvalue weighted by atomic mass is 35.5. The van der Waals surface area contributed by atoms with Gasteiger partial charge in [-0.1, -0.05) is 23.7 Å². The Labute approximate surface area is 158 Å². The van der Waals surface area contributed by atoms with E-state index in [1.165, 1.54) is 6.33 Å². The molecule has 1 amide bonds. The van der Waals surface area contributed by atoms with Crippen molar-refractivity contribution in [3.8, 4) is 0 Å². The molecule has 26 heavy (non-hydrogen) atoms. The molecule has 1 saturated carbocycles. The summed E-state index contributed by atoms with van der Waals surface area (Å²) in [6, 6.07) is 7.45. The van der Waals surface area contributed by atoms with Crippen LogP contribution in [0.4, 0.5) is 5.82 Å². The van der Waals surface area contributed by atoms with Crippen molar-refractivity contribution >= 4 is 23.3 Å². The second-order valence-corrected chi connectivity index (χ2v) is 7.44. The van der Waals surface area contributed by atoms with Crippen LogP contribution >= 0.6 is 11.6 Å². The van der Waals surface area contributed by atoms with E-state index >= 15 is 0 Å². The van der Waals surface area contributed by atoms with Gasteiger partial charge in [-0.3, -0.25) is 4.79 Å². The Bertz CT molecular complexity index is 753. The van der Waals surface area contributed by atoms with Crippen molar-refractivity contribution in [3.63, 3.8) is 0 Å². The highest BCUT2D eigenvalue weighted by Gasteiger charge is 2.20. The minimum atomic E-state index is -0.153. The SMILES string of the molecule is Cc1cccc(Cl)c1CC(=O)Nc1cc(CC2CCC(O)CC2)ncn1. The maximum atomic E-state index is 12.4. The number of rotatable bonds is 5. The summed E-state index contributed by atoms with van der Waals surface area (Å²) in [4.78, 5) is 20.8. The predicted molar refractivity (Wildman–Crippen MR) is 102 cm³/mol. The number of hydrogen-bond acceptors (Lipinski definition) is 4. The lowest BCUT2D eigenvalue weighted by molar-refractivity contribution is -0.115. The van der Waals surface area contributed by atoms with E-state index in [-0.39, 0.29) is 18.4 Å². The quantitative estimate of drug-likeness (QED) is 0.837. The number of benzene rings is 1. The summed E-state index contributed by atoms with van der Waals surface area (Å²) in [5, 5.41) is 13.1. The Morgan fingerprint density at radius 3 is 2.77 bits per heavy atom. The number of hydrogen-bond donors (Lipinski definition) is 2. The van der Waals surface area contributed by atoms with Crippen molar-refractivity contribution in [3.05, 3.63) is 52.4 Å². The molecular weight excluding hydrogens is 350 g/mol. The van der Waals surface area contributed by atoms with E-state index in [9.17, 15) is 9.90 Å². The van der Waals surface area contributed by atoms with Crippen molar-refractivity contribution in [2.45, 2.75) is 51.6 Å². The van der Waals surface area contributed by atoms with Crippen LogP contribution in [0.3, 0.4) is 0 Å². The molecule has 1 aliphatic rings. The van der Waals surface area contributed by atoms with E-state index < -0.39 is 0 Å². The van der Waals surface area contributed by atoms with Gasteiger partial charge in [0.15, 0.2) is 0 Å². The molecule has 1 aromatic heterocycles. The number of carbonyl (C=O) groups excluding carboxylic acids is 1. The normalized spacial score (nSPS) is 20.0. The van der Waals surface area contributed by atoms with Crippen LogP contribution in [0.2, 0.25) is 5.02 Å². The van der Waals surface area contributed by atoms with Crippen LogP contribution in [0.1, 0.15) is 42.5 Å². The molecule has 1 heterocycles. The van der Waals surface area contributed by atoms with Gasteiger partial charge in [-0.2, -0.15) is 0 Å². The van der Waals surface area contributed by atoms with Crippen molar-refractivity contribution in [1.82, 2.24) is 9.97 Å². The zero-order valence-electron chi connectivity index (χ0n) is 14.9. The summed E-state index contributed by atoms with van der Waals surface area (Å²) in [6.45, 7) is 1.94. The highest BCUT2D eigenvalue weighted by Crippen LogP contribution is 2.27. The molecule has 0 atom stereocenters. The first-order valence-electron chi connectivity index (χ1n) is 9.04. The molecule has 0 radical (unpaired) electrons. The number of amides is 1. The Morgan fingerprint density at radius 1 is 1.27 bits per heavy atom. The first-order valence-corrected chi connectivity index (χ1v) is 9.42. The number of aliphatic hydroxyl groups excluding tert-OH is 1. The van der Waals surface area contributed by atoms with Crippen LogP contribution in [-0.4, -0.2) is 27.1 Å². The molecule has 2 aromatic rings. The van der Waals surface area contributed by atoms with Crippen molar-refractivity contribution in [1.29, 1.82) is 0 Å². The molecule has 0 aliphatic heterocycles. The van der Waals surface area contributed by atoms with Crippen LogP contribution in [0.5, 0.6) is 0 Å². The Kier molecular flexibility index (Phi) is 6.22. The van der Waals surface area contributed by atoms with E-state index in [0.717, 1.165) is 48.9 Å². The molecule has 138 valence electrons. The van der Waals surface area contributed by atoms with Crippen molar-refractivity contribution in [2.75, 3.05) is 5.32 Å². The Morgan fingerprint density at radius 2 is 2.04 bits per heavy atom. The summed E-state index contributed by atoms with van der Waals surface area (Å²) in [5.41, 5.74) is 2.75. The summed E-state index contributed by atoms with van der Waals surface area (Å²) in [7, 11) is 0. The standard InChI is InChI=1S/C20H24ClN3O2/c1-13-3-2-4-18(21)17(13)11-20(26)24-19-10-15(22-12-23-19)9-14-5-7-16(25)8-6-14/h2-4,10,12,14,16,25H,5-9,11H2,1H3,(H,22,23,24,26). The third kappa shape index (κ3) is 5.02. The van der Waals surface area contributed by atoms with Crippen LogP contribution in [0, 0.1) is 12.8 Å². The number of aryl methyl sites for hydroxylation is 1. The van der Waals surface area contributed by atoms with E-state index in [4.69, 9.17) is 11.6 Å². The summed E-state index contributed by atoms with van der Waals surface area (Å²) < 4.78 is 0. The topological polar surface area (TPSA) is 75.1 Å². The third-order valence-electron chi connectivity index (χ3n) is 5.00. The van der Waals surface area contributed by atoms with Gasteiger partial charge in [-0.15, -0.1) is 0 Å². The number of aliphatic hydroxyl groups is 1. The summed E-state index contributed by atoms with van der Waals surface area (Å²) in [5.74, 6) is 0.898. The van der Waals surface area contributed by atoms with Crippen molar-refractivity contribution < 1.29 is 9.90 Å². The molecule has 0 bridgehead atoms. The molecule has 3 rings (SSSR count). The molecular formula is C20H24ClN3O2. The van der Waals surface area contributed by atoms with Gasteiger partial charge in [-0.05, 0) is 62.1 Å². The third-order valence-corrected chi connectivity index (χ3v) is 5.35. The lowest BCUT2D eigenvalue weighted by Gasteiger charge is -2.25. The fraction of sp³-hybridized carbons (Fsp3) is 0.450. The number of halogens is 1. The summed E-state index contributed by atoms with van der Waals surface area (Å²) >= 11 is 6.20. The lowest BCUT2D eigenvalue weighted by atomic mass is 9.84. The maximum Gasteiger partial charge on any atom is 0.230 e. The second-order valence-electron chi connectivity index (χ2n) is 7.03. The van der Waals surface area contributed by atoms with E-state index in [0.29, 0.717) is 16.8 Å². The Balaban J connectivity index is 1.60. The van der Waals surface area contributed by atoms with Gasteiger partial charge in [0.25, 0.3) is 0 Å². The minimum absolute atomic E-state index is 0.147. The molecule has 1 fully saturated rings. The van der Waals surface area contributed by atoms with Gasteiger partial charge in [0.05, 0.1) is 12.5 Å². The molecule has 0 saturated heterocycles. The molecule has 2 N–H and O–H groups in total. The molecule has 6 heteroatoms. The maximum absolute atomic E-state index is 12.4. The molecule has 5 nitrogen and oxygen atoms in total. The van der Waals surface area contributed by atoms with Gasteiger partial charge >= 0.3 is 0 Å². The van der Waals surface area contributed by atoms with Gasteiger partial charge < -0.3 is 10.4 Å². The largest absolute Gasteiger partial charge is 0.393 e. The van der Waals surface area contributed by atoms with Gasteiger partial charge in [0.1, 0.15) is 12.1 Å². The van der Waals surface area contributed by atoms with Crippen LogP contribution in [0.15, 0.2) is 30.6 Å². The molecule has 0 unspecified atom stereocenters. The second kappa shape index (κ2) is 8.60. The molecule has 1 aromatic carbocycles. The number of aromatic nitrogens is 2. The van der Waals surface area contributed by atoms with Crippen LogP contribution in [-0.2, 0) is 17.6 Å². The minimum Gasteiger partial charge on any atom is -0.393 e. The van der Waals surface area contributed by atoms with E-state index in [1.54, 1.807) is 6.07 Å². The highest BCUT2D eigenvalue weighted by molar-refractivity contribution is 6.31. The first kappa shape index (κ1) is 18.8. The number of nitrogens with zero attached hydrogens (tertiary/aromatic N) is 2. The van der Waals surface area contributed by atoms with Crippen LogP contribution < -0.4 is 5.32 Å². The number of carbonyl (C=O) groups is 1. The summed E-state index contributed by atoms with van der Waals surface area (Å²) in [6.07, 6.45) is 6.14. The lowest BCUT2D eigenvalue weighted by Crippen LogP contribution is -2.20. The zero-order chi connectivity index (χ0) is 18.5. The first-order chi connectivity index (χ1) is 12.5. The fourth-order valence-corrected chi connectivity index (χ4v) is 3.75. The monoisotopic (exact) mass is 373 g/mol. The van der Waals surface area contributed by atoms with Gasteiger partial charge in [0.2, 0.25) is 5.91 Å². The van der Waals surface area contributed by atoms with E-state index in [2.05, 4.69) is 15.3 Å². The Hall–Kier alpha value is -1.98. The van der Waals surface area contributed by atoms with Gasteiger partial charge in [0, 0.05) is 16.8 Å². The van der Waals surface area contributed by atoms with Crippen molar-refractivity contribution in [2.24, 2.45) is 5.92 Å². The van der Waals surface area contributed by atoms with E-state index in [1.807, 2.05) is 25.1 Å². The number of anilines is 1. The predicted octanol–water partition coefficient (Wildman–Crippen LogP) is 3.71. The van der Waals surface area contributed by atoms with Crippen LogP contribution in [0.25, 0.3) is 0 Å². The number of nitrogens with one attached hydrogen (secondary N) is 1. The average Bonchev–Trinajstić information content (AvgIpc) is 2.61. The average molecular weight is 374 g/mol. The fourth-order valence-electron chi connectivity index (χ4n) is 3.46. The molecule has 1 aliphatic carbocycles. The van der Waals surface area contributed by atoms with Gasteiger partial charge in [-0.25, -0.2) is 9.97 Å². The zero-order valence-corrected chi connectivity index (χ0v) is 15.7.